The van der Waals surface area contributed by atoms with Gasteiger partial charge in [0.05, 0.1) is 5.92 Å². The molecule has 1 aliphatic heterocycles. The minimum atomic E-state index is -0.0817. The van der Waals surface area contributed by atoms with Crippen molar-refractivity contribution in [1.29, 1.82) is 0 Å². The van der Waals surface area contributed by atoms with Gasteiger partial charge < -0.3 is 20.4 Å². The number of nitrogens with one attached hydrogen (secondary N) is 2. The molecular weight excluding hydrogens is 328 g/mol. The van der Waals surface area contributed by atoms with Gasteiger partial charge in [-0.05, 0) is 52.1 Å². The molecule has 6 heteroatoms. The van der Waals surface area contributed by atoms with Gasteiger partial charge >= 0.3 is 6.03 Å². The molecular formula is C20H38N4O2. The van der Waals surface area contributed by atoms with E-state index in [1.807, 2.05) is 4.90 Å². The molecule has 26 heavy (non-hydrogen) atoms. The predicted octanol–water partition coefficient (Wildman–Crippen LogP) is 2.59. The summed E-state index contributed by atoms with van der Waals surface area (Å²) in [4.78, 5) is 29.3. The van der Waals surface area contributed by atoms with E-state index in [9.17, 15) is 9.59 Å². The topological polar surface area (TPSA) is 64.7 Å². The second-order valence-corrected chi connectivity index (χ2v) is 8.02. The van der Waals surface area contributed by atoms with Crippen molar-refractivity contribution in [3.05, 3.63) is 0 Å². The van der Waals surface area contributed by atoms with Crippen LogP contribution in [0.15, 0.2) is 0 Å². The maximum atomic E-state index is 12.7. The summed E-state index contributed by atoms with van der Waals surface area (Å²) in [7, 11) is 0. The standard InChI is InChI=1S/C20H38N4O2/c1-4-12-23(5-2)14-16(3)21-19(25)17-9-8-13-24(15-17)20(26)22-18-10-6-7-11-18/h16-18H,4-15H2,1-3H3,(H,21,25)(H,22,26)/t16-,17-/m0/s1. The smallest absolute Gasteiger partial charge is 0.317 e. The molecule has 0 aromatic rings. The monoisotopic (exact) mass is 366 g/mol. The summed E-state index contributed by atoms with van der Waals surface area (Å²) in [5, 5.41) is 6.31. The number of hydrogen-bond acceptors (Lipinski definition) is 3. The van der Waals surface area contributed by atoms with Crippen LogP contribution in [0.2, 0.25) is 0 Å². The van der Waals surface area contributed by atoms with E-state index in [1.54, 1.807) is 0 Å². The van der Waals surface area contributed by atoms with E-state index in [0.29, 0.717) is 12.6 Å². The molecule has 1 aliphatic carbocycles. The van der Waals surface area contributed by atoms with Crippen LogP contribution in [-0.2, 0) is 4.79 Å². The fourth-order valence-electron chi connectivity index (χ4n) is 4.20. The average molecular weight is 367 g/mol. The van der Waals surface area contributed by atoms with E-state index in [4.69, 9.17) is 0 Å². The molecule has 2 N–H and O–H groups in total. The predicted molar refractivity (Wildman–Crippen MR) is 105 cm³/mol. The number of rotatable bonds is 8. The lowest BCUT2D eigenvalue weighted by molar-refractivity contribution is -0.127. The van der Waals surface area contributed by atoms with Gasteiger partial charge in [-0.15, -0.1) is 0 Å². The number of amides is 3. The van der Waals surface area contributed by atoms with E-state index in [2.05, 4.69) is 36.3 Å². The number of piperidine rings is 1. The third kappa shape index (κ3) is 6.45. The molecule has 150 valence electrons. The molecule has 0 aromatic heterocycles. The quantitative estimate of drug-likeness (QED) is 0.694. The van der Waals surface area contributed by atoms with Gasteiger partial charge in [-0.2, -0.15) is 0 Å². The summed E-state index contributed by atoms with van der Waals surface area (Å²) in [5.74, 6) is 0.0187. The Balaban J connectivity index is 1.78. The summed E-state index contributed by atoms with van der Waals surface area (Å²) < 4.78 is 0. The van der Waals surface area contributed by atoms with Crippen LogP contribution >= 0.6 is 0 Å². The summed E-state index contributed by atoms with van der Waals surface area (Å²) in [6.07, 6.45) is 7.50. The van der Waals surface area contributed by atoms with Crippen LogP contribution in [0.25, 0.3) is 0 Å². The van der Waals surface area contributed by atoms with E-state index in [1.165, 1.54) is 12.8 Å². The van der Waals surface area contributed by atoms with Crippen molar-refractivity contribution in [2.45, 2.75) is 77.8 Å². The van der Waals surface area contributed by atoms with Crippen LogP contribution in [0.4, 0.5) is 4.79 Å². The molecule has 2 fully saturated rings. The molecule has 0 unspecified atom stereocenters. The molecule has 0 bridgehead atoms. The van der Waals surface area contributed by atoms with Gasteiger partial charge in [0.1, 0.15) is 0 Å². The van der Waals surface area contributed by atoms with E-state index >= 15 is 0 Å². The Morgan fingerprint density at radius 3 is 2.54 bits per heavy atom. The zero-order valence-electron chi connectivity index (χ0n) is 16.9. The van der Waals surface area contributed by atoms with Crippen LogP contribution in [0.1, 0.15) is 65.7 Å². The number of carbonyl (C=O) groups excluding carboxylic acids is 2. The Bertz CT molecular complexity index is 451. The zero-order chi connectivity index (χ0) is 18.9. The van der Waals surface area contributed by atoms with Gasteiger partial charge in [0.2, 0.25) is 5.91 Å². The van der Waals surface area contributed by atoms with Crippen LogP contribution in [-0.4, -0.2) is 66.5 Å². The lowest BCUT2D eigenvalue weighted by Gasteiger charge is -2.34. The molecule has 2 rings (SSSR count). The molecule has 0 spiro atoms. The van der Waals surface area contributed by atoms with Crippen molar-refractivity contribution in [2.24, 2.45) is 5.92 Å². The van der Waals surface area contributed by atoms with Crippen molar-refractivity contribution in [2.75, 3.05) is 32.7 Å². The summed E-state index contributed by atoms with van der Waals surface area (Å²) in [6.45, 7) is 10.7. The van der Waals surface area contributed by atoms with Crippen molar-refractivity contribution >= 4 is 11.9 Å². The Morgan fingerprint density at radius 2 is 1.88 bits per heavy atom. The lowest BCUT2D eigenvalue weighted by Crippen LogP contribution is -2.52. The largest absolute Gasteiger partial charge is 0.352 e. The first-order valence-electron chi connectivity index (χ1n) is 10.6. The number of likely N-dealkylation sites (N-methyl/N-ethyl adjacent to an activating group) is 1. The second kappa shape index (κ2) is 10.8. The highest BCUT2D eigenvalue weighted by molar-refractivity contribution is 5.81. The highest BCUT2D eigenvalue weighted by Crippen LogP contribution is 2.20. The summed E-state index contributed by atoms with van der Waals surface area (Å²) in [6, 6.07) is 0.481. The number of urea groups is 1. The zero-order valence-corrected chi connectivity index (χ0v) is 16.9. The number of likely N-dealkylation sites (tertiary alicyclic amines) is 1. The highest BCUT2D eigenvalue weighted by Gasteiger charge is 2.30. The minimum absolute atomic E-state index is 0.0163. The second-order valence-electron chi connectivity index (χ2n) is 8.02. The Kier molecular flexibility index (Phi) is 8.69. The van der Waals surface area contributed by atoms with Crippen LogP contribution in [0, 0.1) is 5.92 Å². The molecule has 0 radical (unpaired) electrons. The van der Waals surface area contributed by atoms with Crippen molar-refractivity contribution in [3.63, 3.8) is 0 Å². The fraction of sp³-hybridized carbons (Fsp3) is 0.900. The van der Waals surface area contributed by atoms with E-state index in [-0.39, 0.29) is 23.9 Å². The van der Waals surface area contributed by atoms with Crippen molar-refractivity contribution in [3.8, 4) is 0 Å². The SMILES string of the molecule is CCCN(CC)C[C@H](C)NC(=O)[C@H]1CCCN(C(=O)NC2CCCC2)C1. The Morgan fingerprint density at radius 1 is 1.15 bits per heavy atom. The first-order chi connectivity index (χ1) is 12.5. The first-order valence-corrected chi connectivity index (χ1v) is 10.6. The van der Waals surface area contributed by atoms with Crippen LogP contribution in [0.3, 0.4) is 0 Å². The highest BCUT2D eigenvalue weighted by atomic mass is 16.2. The summed E-state index contributed by atoms with van der Waals surface area (Å²) in [5.41, 5.74) is 0. The molecule has 2 aliphatic rings. The van der Waals surface area contributed by atoms with Crippen molar-refractivity contribution < 1.29 is 9.59 Å². The van der Waals surface area contributed by atoms with E-state index < -0.39 is 0 Å². The number of carbonyl (C=O) groups is 2. The Labute approximate surface area is 159 Å². The molecule has 3 amide bonds. The van der Waals surface area contributed by atoms with Crippen molar-refractivity contribution in [1.82, 2.24) is 20.4 Å². The summed E-state index contributed by atoms with van der Waals surface area (Å²) >= 11 is 0. The van der Waals surface area contributed by atoms with Crippen LogP contribution < -0.4 is 10.6 Å². The number of hydrogen-bond donors (Lipinski definition) is 2. The fourth-order valence-corrected chi connectivity index (χ4v) is 4.20. The first kappa shape index (κ1) is 21.0. The number of nitrogens with zero attached hydrogens (tertiary/aromatic N) is 2. The van der Waals surface area contributed by atoms with Gasteiger partial charge in [-0.1, -0.05) is 26.7 Å². The molecule has 1 saturated carbocycles. The molecule has 0 aromatic carbocycles. The molecule has 1 heterocycles. The molecule has 2 atom stereocenters. The maximum Gasteiger partial charge on any atom is 0.317 e. The van der Waals surface area contributed by atoms with Gasteiger partial charge in [-0.25, -0.2) is 4.79 Å². The maximum absolute atomic E-state index is 12.7. The van der Waals surface area contributed by atoms with Gasteiger partial charge in [-0.3, -0.25) is 4.79 Å². The van der Waals surface area contributed by atoms with Gasteiger partial charge in [0, 0.05) is 31.7 Å². The van der Waals surface area contributed by atoms with Gasteiger partial charge in [0.25, 0.3) is 0 Å². The minimum Gasteiger partial charge on any atom is -0.352 e. The molecule has 1 saturated heterocycles. The molecule has 6 nitrogen and oxygen atoms in total. The Hall–Kier alpha value is -1.30. The van der Waals surface area contributed by atoms with E-state index in [0.717, 1.165) is 58.3 Å². The third-order valence-electron chi connectivity index (χ3n) is 5.67. The average Bonchev–Trinajstić information content (AvgIpc) is 3.14. The van der Waals surface area contributed by atoms with Crippen LogP contribution in [0.5, 0.6) is 0 Å². The third-order valence-corrected chi connectivity index (χ3v) is 5.67. The lowest BCUT2D eigenvalue weighted by atomic mass is 9.97. The van der Waals surface area contributed by atoms with Gasteiger partial charge in [0.15, 0.2) is 0 Å². The normalized spacial score (nSPS) is 22.5.